The molecular formula is C26H23NO3. The number of carbonyl (C=O) groups excluding carboxylic acids is 2. The van der Waals surface area contributed by atoms with Gasteiger partial charge in [0.1, 0.15) is 0 Å². The van der Waals surface area contributed by atoms with E-state index in [-0.39, 0.29) is 5.78 Å². The van der Waals surface area contributed by atoms with Crippen LogP contribution in [0.25, 0.3) is 10.9 Å². The number of esters is 1. The van der Waals surface area contributed by atoms with Crippen LogP contribution in [0.4, 0.5) is 0 Å². The fraction of sp³-hybridized carbons (Fsp3) is 0.154. The monoisotopic (exact) mass is 397 g/mol. The summed E-state index contributed by atoms with van der Waals surface area (Å²) < 4.78 is 5.79. The standard InChI is InChI=1S/C26H23NO3/c1-3-18-13-9-15-21-22(16-27-23(18)21)24(28)25(19-11-5-4-6-12-19)30-26(29)20-14-8-7-10-17(20)2/h4-16,25,27H,3H2,1-2H3/t25-/m1/s1. The molecular weight excluding hydrogens is 374 g/mol. The van der Waals surface area contributed by atoms with Gasteiger partial charge in [-0.1, -0.05) is 73.7 Å². The summed E-state index contributed by atoms with van der Waals surface area (Å²) in [6, 6.07) is 22.3. The lowest BCUT2D eigenvalue weighted by Crippen LogP contribution is -2.20. The Morgan fingerprint density at radius 2 is 1.63 bits per heavy atom. The molecule has 0 saturated heterocycles. The molecule has 0 amide bonds. The molecule has 4 heteroatoms. The Labute approximate surface area is 175 Å². The summed E-state index contributed by atoms with van der Waals surface area (Å²) in [5.74, 6) is -0.757. The molecule has 1 N–H and O–H groups in total. The third-order valence-electron chi connectivity index (χ3n) is 5.38. The number of benzene rings is 3. The van der Waals surface area contributed by atoms with E-state index in [1.165, 1.54) is 0 Å². The lowest BCUT2D eigenvalue weighted by Gasteiger charge is -2.18. The van der Waals surface area contributed by atoms with Gasteiger partial charge in [0.25, 0.3) is 0 Å². The molecule has 1 aromatic heterocycles. The molecule has 3 aromatic carbocycles. The number of fused-ring (bicyclic) bond motifs is 1. The molecule has 4 nitrogen and oxygen atoms in total. The van der Waals surface area contributed by atoms with Gasteiger partial charge in [-0.3, -0.25) is 4.79 Å². The number of aryl methyl sites for hydroxylation is 2. The number of ether oxygens (including phenoxy) is 1. The van der Waals surface area contributed by atoms with Gasteiger partial charge in [0.05, 0.1) is 5.56 Å². The lowest BCUT2D eigenvalue weighted by atomic mass is 9.98. The van der Waals surface area contributed by atoms with Crippen molar-refractivity contribution in [3.63, 3.8) is 0 Å². The Bertz CT molecular complexity index is 1210. The van der Waals surface area contributed by atoms with Gasteiger partial charge in [-0.05, 0) is 30.5 Å². The molecule has 0 aliphatic heterocycles. The molecule has 0 aliphatic rings. The summed E-state index contributed by atoms with van der Waals surface area (Å²) in [5.41, 5.74) is 4.51. The number of H-pyrrole nitrogens is 1. The fourth-order valence-electron chi connectivity index (χ4n) is 3.73. The van der Waals surface area contributed by atoms with Crippen LogP contribution in [-0.4, -0.2) is 16.7 Å². The van der Waals surface area contributed by atoms with E-state index in [4.69, 9.17) is 4.74 Å². The summed E-state index contributed by atoms with van der Waals surface area (Å²) in [5, 5.41) is 0.840. The Morgan fingerprint density at radius 1 is 0.900 bits per heavy atom. The van der Waals surface area contributed by atoms with Crippen LogP contribution in [0.2, 0.25) is 0 Å². The van der Waals surface area contributed by atoms with E-state index in [1.807, 2.05) is 55.5 Å². The second-order valence-electron chi connectivity index (χ2n) is 7.27. The Balaban J connectivity index is 1.75. The summed E-state index contributed by atoms with van der Waals surface area (Å²) in [6.45, 7) is 3.93. The maximum atomic E-state index is 13.6. The number of hydrogen-bond donors (Lipinski definition) is 1. The van der Waals surface area contributed by atoms with Crippen molar-refractivity contribution in [3.05, 3.63) is 107 Å². The fourth-order valence-corrected chi connectivity index (χ4v) is 3.73. The molecule has 1 heterocycles. The molecule has 0 radical (unpaired) electrons. The first-order valence-corrected chi connectivity index (χ1v) is 10.0. The summed E-state index contributed by atoms with van der Waals surface area (Å²) in [4.78, 5) is 29.7. The van der Waals surface area contributed by atoms with Gasteiger partial charge >= 0.3 is 5.97 Å². The van der Waals surface area contributed by atoms with Crippen LogP contribution in [0, 0.1) is 6.92 Å². The van der Waals surface area contributed by atoms with Crippen LogP contribution < -0.4 is 0 Å². The van der Waals surface area contributed by atoms with Crippen molar-refractivity contribution in [3.8, 4) is 0 Å². The third-order valence-corrected chi connectivity index (χ3v) is 5.38. The molecule has 30 heavy (non-hydrogen) atoms. The van der Waals surface area contributed by atoms with Crippen molar-refractivity contribution in [1.29, 1.82) is 0 Å². The zero-order valence-corrected chi connectivity index (χ0v) is 17.0. The van der Waals surface area contributed by atoms with Gasteiger partial charge < -0.3 is 9.72 Å². The number of aromatic amines is 1. The number of ketones is 1. The summed E-state index contributed by atoms with van der Waals surface area (Å²) >= 11 is 0. The van der Waals surface area contributed by atoms with E-state index in [1.54, 1.807) is 30.5 Å². The van der Waals surface area contributed by atoms with E-state index in [9.17, 15) is 9.59 Å². The smallest absolute Gasteiger partial charge is 0.339 e. The van der Waals surface area contributed by atoms with Crippen molar-refractivity contribution < 1.29 is 14.3 Å². The normalized spacial score (nSPS) is 11.9. The summed E-state index contributed by atoms with van der Waals surface area (Å²) in [6.07, 6.45) is 1.54. The molecule has 0 spiro atoms. The van der Waals surface area contributed by atoms with Crippen LogP contribution in [0.5, 0.6) is 0 Å². The van der Waals surface area contributed by atoms with Crippen molar-refractivity contribution in [2.45, 2.75) is 26.4 Å². The number of para-hydroxylation sites is 1. The van der Waals surface area contributed by atoms with Crippen LogP contribution in [0.1, 0.15) is 50.4 Å². The molecule has 0 aliphatic carbocycles. The van der Waals surface area contributed by atoms with Gasteiger partial charge in [-0.15, -0.1) is 0 Å². The Kier molecular flexibility index (Phi) is 5.48. The number of aromatic nitrogens is 1. The lowest BCUT2D eigenvalue weighted by molar-refractivity contribution is 0.0280. The first-order valence-electron chi connectivity index (χ1n) is 10.0. The van der Waals surface area contributed by atoms with E-state index in [0.29, 0.717) is 16.7 Å². The number of rotatable bonds is 6. The summed E-state index contributed by atoms with van der Waals surface area (Å²) in [7, 11) is 0. The first kappa shape index (κ1) is 19.6. The molecule has 4 aromatic rings. The topological polar surface area (TPSA) is 59.2 Å². The minimum Gasteiger partial charge on any atom is -0.445 e. The van der Waals surface area contributed by atoms with Gasteiger partial charge in [0.15, 0.2) is 6.10 Å². The number of hydrogen-bond acceptors (Lipinski definition) is 3. The molecule has 0 fully saturated rings. The molecule has 0 bridgehead atoms. The Morgan fingerprint density at radius 3 is 2.37 bits per heavy atom. The third kappa shape index (κ3) is 3.64. The first-order chi connectivity index (χ1) is 14.6. The minimum absolute atomic E-state index is 0.248. The van der Waals surface area contributed by atoms with Gasteiger partial charge in [0.2, 0.25) is 5.78 Å². The average molecular weight is 397 g/mol. The highest BCUT2D eigenvalue weighted by molar-refractivity contribution is 6.11. The zero-order chi connectivity index (χ0) is 21.1. The number of nitrogens with one attached hydrogen (secondary N) is 1. The van der Waals surface area contributed by atoms with Gasteiger partial charge in [-0.25, -0.2) is 4.79 Å². The average Bonchev–Trinajstić information content (AvgIpc) is 3.22. The second-order valence-corrected chi connectivity index (χ2v) is 7.27. The second kappa shape index (κ2) is 8.37. The van der Waals surface area contributed by atoms with Crippen molar-refractivity contribution in [2.24, 2.45) is 0 Å². The highest BCUT2D eigenvalue weighted by Gasteiger charge is 2.29. The molecule has 150 valence electrons. The highest BCUT2D eigenvalue weighted by Crippen LogP contribution is 2.29. The largest absolute Gasteiger partial charge is 0.445 e. The Hall–Kier alpha value is -3.66. The van der Waals surface area contributed by atoms with Crippen LogP contribution in [-0.2, 0) is 11.2 Å². The van der Waals surface area contributed by atoms with Crippen molar-refractivity contribution in [1.82, 2.24) is 4.98 Å². The van der Waals surface area contributed by atoms with E-state index >= 15 is 0 Å². The van der Waals surface area contributed by atoms with Crippen molar-refractivity contribution in [2.75, 3.05) is 0 Å². The molecule has 0 saturated carbocycles. The maximum absolute atomic E-state index is 13.6. The van der Waals surface area contributed by atoms with E-state index in [0.717, 1.165) is 28.5 Å². The SMILES string of the molecule is CCc1cccc2c(C(=O)[C@H](OC(=O)c3ccccc3C)c3ccccc3)c[nH]c12. The van der Waals surface area contributed by atoms with Crippen LogP contribution >= 0.6 is 0 Å². The van der Waals surface area contributed by atoms with E-state index < -0.39 is 12.1 Å². The van der Waals surface area contributed by atoms with Gasteiger partial charge in [0, 0.05) is 28.2 Å². The maximum Gasteiger partial charge on any atom is 0.339 e. The minimum atomic E-state index is -1.03. The zero-order valence-electron chi connectivity index (χ0n) is 17.0. The van der Waals surface area contributed by atoms with E-state index in [2.05, 4.69) is 11.9 Å². The molecule has 0 unspecified atom stereocenters. The number of carbonyl (C=O) groups is 2. The number of Topliss-reactive ketones (excluding diaryl/α,β-unsaturated/α-hetero) is 1. The predicted octanol–water partition coefficient (Wildman–Crippen LogP) is 5.82. The van der Waals surface area contributed by atoms with Crippen LogP contribution in [0.15, 0.2) is 79.0 Å². The highest BCUT2D eigenvalue weighted by atomic mass is 16.5. The quantitative estimate of drug-likeness (QED) is 0.329. The predicted molar refractivity (Wildman–Crippen MR) is 118 cm³/mol. The van der Waals surface area contributed by atoms with Crippen LogP contribution in [0.3, 0.4) is 0 Å². The van der Waals surface area contributed by atoms with Gasteiger partial charge in [-0.2, -0.15) is 0 Å². The molecule has 1 atom stereocenters. The molecule has 4 rings (SSSR count). The van der Waals surface area contributed by atoms with Crippen molar-refractivity contribution >= 4 is 22.7 Å².